The summed E-state index contributed by atoms with van der Waals surface area (Å²) in [5.74, 6) is -1.07. The Morgan fingerprint density at radius 2 is 2.17 bits per heavy atom. The summed E-state index contributed by atoms with van der Waals surface area (Å²) in [6, 6.07) is 5.98. The van der Waals surface area contributed by atoms with Gasteiger partial charge in [0.1, 0.15) is 0 Å². The van der Waals surface area contributed by atoms with Gasteiger partial charge in [0.15, 0.2) is 5.13 Å². The van der Waals surface area contributed by atoms with Crippen molar-refractivity contribution in [3.05, 3.63) is 23.2 Å². The molecule has 2 atom stereocenters. The molecule has 124 valence electrons. The summed E-state index contributed by atoms with van der Waals surface area (Å²) in [7, 11) is 4.09. The van der Waals surface area contributed by atoms with Crippen molar-refractivity contribution in [3.63, 3.8) is 0 Å². The van der Waals surface area contributed by atoms with Crippen LogP contribution in [0.15, 0.2) is 18.2 Å². The largest absolute Gasteiger partial charge is 0.481 e. The van der Waals surface area contributed by atoms with E-state index in [1.165, 1.54) is 0 Å². The number of likely N-dealkylation sites (N-methyl/N-ethyl adjacent to an activating group) is 1. The van der Waals surface area contributed by atoms with E-state index in [2.05, 4.69) is 14.8 Å². The van der Waals surface area contributed by atoms with Crippen molar-refractivity contribution in [2.45, 2.75) is 18.9 Å². The number of carbonyl (C=O) groups is 1. The van der Waals surface area contributed by atoms with Gasteiger partial charge in [-0.15, -0.1) is 0 Å². The fraction of sp³-hybridized carbons (Fsp3) is 0.500. The molecule has 0 saturated carbocycles. The highest BCUT2D eigenvalue weighted by Gasteiger charge is 2.30. The molecule has 7 heteroatoms. The van der Waals surface area contributed by atoms with E-state index in [1.807, 2.05) is 32.3 Å². The number of carboxylic acid groups (broad SMARTS) is 1. The molecular formula is C16H20ClN3O2S. The number of aromatic nitrogens is 1. The Morgan fingerprint density at radius 1 is 1.39 bits per heavy atom. The summed E-state index contributed by atoms with van der Waals surface area (Å²) < 4.78 is 1.03. The second-order valence-electron chi connectivity index (χ2n) is 6.24. The van der Waals surface area contributed by atoms with Gasteiger partial charge in [-0.1, -0.05) is 22.9 Å². The van der Waals surface area contributed by atoms with E-state index in [4.69, 9.17) is 11.6 Å². The van der Waals surface area contributed by atoms with Gasteiger partial charge in [0.05, 0.1) is 16.1 Å². The number of anilines is 1. The molecule has 1 fully saturated rings. The Hall–Kier alpha value is -1.37. The Kier molecular flexibility index (Phi) is 4.75. The van der Waals surface area contributed by atoms with Crippen LogP contribution < -0.4 is 4.90 Å². The predicted octanol–water partition coefficient (Wildman–Crippen LogP) is 3.18. The molecule has 1 aromatic carbocycles. The van der Waals surface area contributed by atoms with Gasteiger partial charge in [0.2, 0.25) is 0 Å². The smallest absolute Gasteiger partial charge is 0.308 e. The highest BCUT2D eigenvalue weighted by molar-refractivity contribution is 7.22. The lowest BCUT2D eigenvalue weighted by Gasteiger charge is -2.28. The van der Waals surface area contributed by atoms with Crippen molar-refractivity contribution in [1.29, 1.82) is 0 Å². The second kappa shape index (κ2) is 6.63. The third kappa shape index (κ3) is 3.59. The average molecular weight is 354 g/mol. The molecule has 0 unspecified atom stereocenters. The van der Waals surface area contributed by atoms with Gasteiger partial charge in [-0.2, -0.15) is 0 Å². The minimum atomic E-state index is -0.724. The molecule has 0 radical (unpaired) electrons. The Morgan fingerprint density at radius 3 is 2.87 bits per heavy atom. The van der Waals surface area contributed by atoms with E-state index in [-0.39, 0.29) is 5.92 Å². The van der Waals surface area contributed by atoms with Crippen LogP contribution >= 0.6 is 22.9 Å². The van der Waals surface area contributed by atoms with Gasteiger partial charge in [-0.3, -0.25) is 4.79 Å². The lowest BCUT2D eigenvalue weighted by molar-refractivity contribution is -0.141. The molecular weight excluding hydrogens is 334 g/mol. The number of benzene rings is 1. The van der Waals surface area contributed by atoms with Crippen molar-refractivity contribution >= 4 is 44.3 Å². The van der Waals surface area contributed by atoms with E-state index < -0.39 is 5.97 Å². The molecule has 1 aliphatic rings. The summed E-state index contributed by atoms with van der Waals surface area (Å²) in [5, 5.41) is 11.0. The maximum absolute atomic E-state index is 11.5. The number of hydrogen-bond acceptors (Lipinski definition) is 5. The quantitative estimate of drug-likeness (QED) is 0.918. The van der Waals surface area contributed by atoms with Crippen LogP contribution in [-0.2, 0) is 4.79 Å². The van der Waals surface area contributed by atoms with Crippen LogP contribution in [-0.4, -0.2) is 54.2 Å². The van der Waals surface area contributed by atoms with Crippen molar-refractivity contribution < 1.29 is 9.90 Å². The van der Waals surface area contributed by atoms with Crippen LogP contribution in [0.4, 0.5) is 5.13 Å². The first-order chi connectivity index (χ1) is 10.9. The Labute approximate surface area is 144 Å². The number of thiazole rings is 1. The fourth-order valence-electron chi connectivity index (χ4n) is 2.97. The minimum Gasteiger partial charge on any atom is -0.481 e. The first kappa shape index (κ1) is 16.5. The number of nitrogens with zero attached hydrogens (tertiary/aromatic N) is 3. The summed E-state index contributed by atoms with van der Waals surface area (Å²) in [5.41, 5.74) is 0.909. The summed E-state index contributed by atoms with van der Waals surface area (Å²) in [4.78, 5) is 20.5. The third-order valence-electron chi connectivity index (χ3n) is 4.41. The molecule has 2 aromatic rings. The minimum absolute atomic E-state index is 0.329. The van der Waals surface area contributed by atoms with E-state index in [9.17, 15) is 9.90 Å². The molecule has 0 aliphatic carbocycles. The van der Waals surface area contributed by atoms with Crippen molar-refractivity contribution in [1.82, 2.24) is 9.88 Å². The predicted molar refractivity (Wildman–Crippen MR) is 94.7 cm³/mol. The van der Waals surface area contributed by atoms with Crippen LogP contribution in [0.25, 0.3) is 10.2 Å². The molecule has 23 heavy (non-hydrogen) atoms. The highest BCUT2D eigenvalue weighted by Crippen LogP contribution is 2.33. The van der Waals surface area contributed by atoms with Crippen molar-refractivity contribution in [2.24, 2.45) is 5.92 Å². The molecule has 5 nitrogen and oxygen atoms in total. The van der Waals surface area contributed by atoms with Crippen molar-refractivity contribution in [3.8, 4) is 0 Å². The third-order valence-corrected chi connectivity index (χ3v) is 5.72. The first-order valence-electron chi connectivity index (χ1n) is 7.64. The van der Waals surface area contributed by atoms with Crippen LogP contribution in [0.1, 0.15) is 12.8 Å². The Balaban J connectivity index is 1.93. The summed E-state index contributed by atoms with van der Waals surface area (Å²) in [6.07, 6.45) is 1.59. The second-order valence-corrected chi connectivity index (χ2v) is 7.69. The fourth-order valence-corrected chi connectivity index (χ4v) is 4.23. The van der Waals surface area contributed by atoms with E-state index >= 15 is 0 Å². The van der Waals surface area contributed by atoms with Crippen LogP contribution in [0.5, 0.6) is 0 Å². The zero-order valence-corrected chi connectivity index (χ0v) is 14.8. The van der Waals surface area contributed by atoms with E-state index in [0.717, 1.165) is 28.3 Å². The summed E-state index contributed by atoms with van der Waals surface area (Å²) in [6.45, 7) is 1.30. The normalized spacial score (nSPS) is 22.5. The molecule has 1 aliphatic heterocycles. The zero-order chi connectivity index (χ0) is 16.6. The molecule has 1 aromatic heterocycles. The first-order valence-corrected chi connectivity index (χ1v) is 8.84. The van der Waals surface area contributed by atoms with Gasteiger partial charge in [0.25, 0.3) is 0 Å². The van der Waals surface area contributed by atoms with E-state index in [1.54, 1.807) is 11.3 Å². The maximum Gasteiger partial charge on any atom is 0.308 e. The van der Waals surface area contributed by atoms with Crippen LogP contribution in [0, 0.1) is 5.92 Å². The van der Waals surface area contributed by atoms with Crippen LogP contribution in [0.3, 0.4) is 0 Å². The monoisotopic (exact) mass is 353 g/mol. The van der Waals surface area contributed by atoms with E-state index in [0.29, 0.717) is 24.0 Å². The lowest BCUT2D eigenvalue weighted by Crippen LogP contribution is -2.40. The molecule has 2 heterocycles. The van der Waals surface area contributed by atoms with Crippen molar-refractivity contribution in [2.75, 3.05) is 32.1 Å². The lowest BCUT2D eigenvalue weighted by atomic mass is 10.0. The van der Waals surface area contributed by atoms with Gasteiger partial charge in [-0.25, -0.2) is 4.98 Å². The number of aliphatic carboxylic acids is 1. The SMILES string of the molecule is CN(C)[C@@H]1CC[C@H](C(=O)O)CN(c2nc3ccc(Cl)cc3s2)C1. The maximum atomic E-state index is 11.5. The number of fused-ring (bicyclic) bond motifs is 1. The molecule has 0 amide bonds. The van der Waals surface area contributed by atoms with Gasteiger partial charge in [0, 0.05) is 24.2 Å². The number of halogens is 1. The van der Waals surface area contributed by atoms with Gasteiger partial charge >= 0.3 is 5.97 Å². The number of carboxylic acids is 1. The topological polar surface area (TPSA) is 56.7 Å². The molecule has 1 saturated heterocycles. The van der Waals surface area contributed by atoms with Gasteiger partial charge in [-0.05, 0) is 45.1 Å². The molecule has 3 rings (SSSR count). The molecule has 1 N–H and O–H groups in total. The average Bonchev–Trinajstić information content (AvgIpc) is 2.76. The number of rotatable bonds is 3. The number of hydrogen-bond donors (Lipinski definition) is 1. The molecule has 0 spiro atoms. The summed E-state index contributed by atoms with van der Waals surface area (Å²) >= 11 is 7.62. The standard InChI is InChI=1S/C16H20ClN3O2S/c1-19(2)12-5-3-10(15(21)22)8-20(9-12)16-18-13-6-4-11(17)7-14(13)23-16/h4,6-7,10,12H,3,5,8-9H2,1-2H3,(H,21,22)/t10-,12+/m0/s1. The highest BCUT2D eigenvalue weighted by atomic mass is 35.5. The Bertz CT molecular complexity index is 718. The van der Waals surface area contributed by atoms with Gasteiger partial charge < -0.3 is 14.9 Å². The van der Waals surface area contributed by atoms with Crippen LogP contribution in [0.2, 0.25) is 5.02 Å². The zero-order valence-electron chi connectivity index (χ0n) is 13.2. The molecule has 0 bridgehead atoms.